The molecule has 7 heteroatoms. The lowest BCUT2D eigenvalue weighted by Gasteiger charge is -2.08. The highest BCUT2D eigenvalue weighted by molar-refractivity contribution is 6.04. The molecule has 0 atom stereocenters. The summed E-state index contributed by atoms with van der Waals surface area (Å²) < 4.78 is 10.5. The summed E-state index contributed by atoms with van der Waals surface area (Å²) in [5.41, 5.74) is 1.50. The third kappa shape index (κ3) is 3.56. The van der Waals surface area contributed by atoms with Gasteiger partial charge < -0.3 is 24.7 Å². The zero-order valence-corrected chi connectivity index (χ0v) is 15.9. The van der Waals surface area contributed by atoms with Crippen LogP contribution in [0.15, 0.2) is 76.1 Å². The lowest BCUT2D eigenvalue weighted by molar-refractivity contribution is 0.102. The van der Waals surface area contributed by atoms with Gasteiger partial charge in [-0.2, -0.15) is 0 Å². The van der Waals surface area contributed by atoms with Gasteiger partial charge in [0.05, 0.1) is 12.7 Å². The first-order valence-electron chi connectivity index (χ1n) is 8.99. The van der Waals surface area contributed by atoms with E-state index in [1.54, 1.807) is 55.6 Å². The van der Waals surface area contributed by atoms with Crippen LogP contribution in [0.3, 0.4) is 0 Å². The maximum absolute atomic E-state index is 12.8. The number of aromatic hydroxyl groups is 2. The van der Waals surface area contributed by atoms with Crippen LogP contribution in [0.4, 0.5) is 5.69 Å². The largest absolute Gasteiger partial charge is 0.508 e. The first-order chi connectivity index (χ1) is 14.5. The molecule has 1 heterocycles. The Labute approximate surface area is 170 Å². The topological polar surface area (TPSA) is 109 Å². The fourth-order valence-corrected chi connectivity index (χ4v) is 3.10. The van der Waals surface area contributed by atoms with Gasteiger partial charge in [0.15, 0.2) is 0 Å². The highest BCUT2D eigenvalue weighted by Gasteiger charge is 2.14. The van der Waals surface area contributed by atoms with Gasteiger partial charge in [-0.05, 0) is 42.0 Å². The normalized spacial score (nSPS) is 10.7. The zero-order valence-electron chi connectivity index (χ0n) is 15.9. The number of ether oxygens (including phenoxy) is 1. The van der Waals surface area contributed by atoms with Crippen molar-refractivity contribution in [2.75, 3.05) is 12.4 Å². The molecule has 0 bridgehead atoms. The van der Waals surface area contributed by atoms with Gasteiger partial charge in [0.25, 0.3) is 5.91 Å². The zero-order chi connectivity index (χ0) is 21.3. The molecule has 0 saturated heterocycles. The Morgan fingerprint density at radius 1 is 1.00 bits per heavy atom. The second-order valence-electron chi connectivity index (χ2n) is 6.58. The Morgan fingerprint density at radius 2 is 1.70 bits per heavy atom. The van der Waals surface area contributed by atoms with E-state index in [-0.39, 0.29) is 33.9 Å². The number of hydrogen-bond donors (Lipinski definition) is 3. The summed E-state index contributed by atoms with van der Waals surface area (Å²) in [4.78, 5) is 25.1. The highest BCUT2D eigenvalue weighted by atomic mass is 16.5. The summed E-state index contributed by atoms with van der Waals surface area (Å²) in [6.07, 6.45) is 1.27. The van der Waals surface area contributed by atoms with Crippen molar-refractivity contribution < 1.29 is 24.2 Å². The number of rotatable bonds is 4. The fraction of sp³-hybridized carbons (Fsp3) is 0.0435. The quantitative estimate of drug-likeness (QED) is 0.473. The summed E-state index contributed by atoms with van der Waals surface area (Å²) in [6, 6.07) is 15.7. The van der Waals surface area contributed by atoms with Crippen molar-refractivity contribution in [1.29, 1.82) is 0 Å². The number of hydrogen-bond acceptors (Lipinski definition) is 6. The number of methoxy groups -OCH3 is 1. The number of carbonyl (C=O) groups is 1. The smallest absolute Gasteiger partial charge is 0.255 e. The molecule has 0 fully saturated rings. The summed E-state index contributed by atoms with van der Waals surface area (Å²) >= 11 is 0. The Kier molecular flexibility index (Phi) is 4.85. The average Bonchev–Trinajstić information content (AvgIpc) is 2.74. The van der Waals surface area contributed by atoms with Gasteiger partial charge in [0.2, 0.25) is 5.43 Å². The molecule has 7 nitrogen and oxygen atoms in total. The highest BCUT2D eigenvalue weighted by Crippen LogP contribution is 2.30. The van der Waals surface area contributed by atoms with Gasteiger partial charge in [-0.3, -0.25) is 9.59 Å². The van der Waals surface area contributed by atoms with E-state index in [1.165, 1.54) is 12.3 Å². The van der Waals surface area contributed by atoms with E-state index in [1.807, 2.05) is 0 Å². The van der Waals surface area contributed by atoms with Crippen molar-refractivity contribution in [2.45, 2.75) is 0 Å². The molecule has 0 spiro atoms. The summed E-state index contributed by atoms with van der Waals surface area (Å²) in [5.74, 6) is -0.177. The monoisotopic (exact) mass is 403 g/mol. The Bertz CT molecular complexity index is 1290. The van der Waals surface area contributed by atoms with Gasteiger partial charge >= 0.3 is 0 Å². The average molecular weight is 403 g/mol. The van der Waals surface area contributed by atoms with E-state index in [0.29, 0.717) is 22.6 Å². The van der Waals surface area contributed by atoms with Gasteiger partial charge in [0.1, 0.15) is 34.5 Å². The van der Waals surface area contributed by atoms with Crippen LogP contribution < -0.4 is 15.5 Å². The van der Waals surface area contributed by atoms with Crippen molar-refractivity contribution in [3.05, 3.63) is 82.7 Å². The third-order valence-corrected chi connectivity index (χ3v) is 4.65. The first kappa shape index (κ1) is 19.1. The number of benzene rings is 3. The summed E-state index contributed by atoms with van der Waals surface area (Å²) in [5, 5.41) is 22.3. The van der Waals surface area contributed by atoms with Gasteiger partial charge in [-0.25, -0.2) is 0 Å². The van der Waals surface area contributed by atoms with Crippen LogP contribution in [-0.2, 0) is 0 Å². The van der Waals surface area contributed by atoms with Crippen LogP contribution in [0.1, 0.15) is 10.4 Å². The van der Waals surface area contributed by atoms with Crippen LogP contribution in [0, 0.1) is 0 Å². The second kappa shape index (κ2) is 7.63. The van der Waals surface area contributed by atoms with Crippen LogP contribution in [0.25, 0.3) is 22.1 Å². The maximum atomic E-state index is 12.8. The first-order valence-corrected chi connectivity index (χ1v) is 8.99. The molecule has 0 radical (unpaired) electrons. The van der Waals surface area contributed by atoms with Crippen molar-refractivity contribution in [1.82, 2.24) is 0 Å². The predicted molar refractivity (Wildman–Crippen MR) is 112 cm³/mol. The molecule has 150 valence electrons. The number of phenolic OH excluding ortho intramolecular Hbond substituents is 2. The fourth-order valence-electron chi connectivity index (χ4n) is 3.10. The number of nitrogens with one attached hydrogen (secondary N) is 1. The van der Waals surface area contributed by atoms with E-state index >= 15 is 0 Å². The Morgan fingerprint density at radius 3 is 2.37 bits per heavy atom. The molecule has 3 N–H and O–H groups in total. The minimum absolute atomic E-state index is 0.0119. The van der Waals surface area contributed by atoms with Gasteiger partial charge in [-0.15, -0.1) is 0 Å². The summed E-state index contributed by atoms with van der Waals surface area (Å²) in [6.45, 7) is 0. The van der Waals surface area contributed by atoms with Crippen molar-refractivity contribution in [2.24, 2.45) is 0 Å². The summed E-state index contributed by atoms with van der Waals surface area (Å²) in [7, 11) is 1.55. The molecule has 4 rings (SSSR count). The predicted octanol–water partition coefficient (Wildman–Crippen LogP) is 4.13. The molecular weight excluding hydrogens is 386 g/mol. The van der Waals surface area contributed by atoms with E-state index in [0.717, 1.165) is 6.07 Å². The molecule has 3 aromatic carbocycles. The van der Waals surface area contributed by atoms with E-state index in [4.69, 9.17) is 9.15 Å². The van der Waals surface area contributed by atoms with Crippen molar-refractivity contribution in [3.8, 4) is 28.4 Å². The van der Waals surface area contributed by atoms with Crippen LogP contribution >= 0.6 is 0 Å². The van der Waals surface area contributed by atoms with E-state index in [2.05, 4.69) is 5.32 Å². The van der Waals surface area contributed by atoms with E-state index in [9.17, 15) is 19.8 Å². The number of anilines is 1. The van der Waals surface area contributed by atoms with Gasteiger partial charge in [-0.1, -0.05) is 12.1 Å². The van der Waals surface area contributed by atoms with Crippen LogP contribution in [-0.4, -0.2) is 23.2 Å². The molecule has 1 amide bonds. The maximum Gasteiger partial charge on any atom is 0.255 e. The Hall–Kier alpha value is -4.26. The minimum atomic E-state index is -0.427. The SMILES string of the molecule is COc1ccc(C(=O)Nc2ccc(-c3coc4cc(O)cc(O)c4c3=O)cc2)cc1. The van der Waals surface area contributed by atoms with Crippen LogP contribution in [0.2, 0.25) is 0 Å². The molecule has 0 aliphatic carbocycles. The molecule has 30 heavy (non-hydrogen) atoms. The molecular formula is C23H17NO6. The minimum Gasteiger partial charge on any atom is -0.508 e. The number of phenols is 2. The van der Waals surface area contributed by atoms with Crippen molar-refractivity contribution >= 4 is 22.6 Å². The lowest BCUT2D eigenvalue weighted by Crippen LogP contribution is -2.11. The molecule has 0 aliphatic heterocycles. The lowest BCUT2D eigenvalue weighted by atomic mass is 10.0. The van der Waals surface area contributed by atoms with E-state index < -0.39 is 5.43 Å². The third-order valence-electron chi connectivity index (χ3n) is 4.65. The molecule has 1 aromatic heterocycles. The molecule has 4 aromatic rings. The van der Waals surface area contributed by atoms with Gasteiger partial charge in [0, 0.05) is 23.4 Å². The second-order valence-corrected chi connectivity index (χ2v) is 6.58. The Balaban J connectivity index is 1.60. The number of fused-ring (bicyclic) bond motifs is 1. The molecule has 0 aliphatic rings. The molecule has 0 saturated carbocycles. The van der Waals surface area contributed by atoms with Crippen LogP contribution in [0.5, 0.6) is 17.2 Å². The number of amides is 1. The van der Waals surface area contributed by atoms with Crippen molar-refractivity contribution in [3.63, 3.8) is 0 Å². The molecule has 0 unspecified atom stereocenters. The standard InChI is InChI=1S/C23H17NO6/c1-29-17-8-4-14(5-9-17)23(28)24-15-6-2-13(3-7-15)18-12-30-20-11-16(25)10-19(26)21(20)22(18)27/h2-12,25-26H,1H3,(H,24,28). The number of carbonyl (C=O) groups excluding carboxylic acids is 1.